The van der Waals surface area contributed by atoms with Crippen LogP contribution in [0.1, 0.15) is 46.5 Å². The molecule has 0 fully saturated rings. The highest BCUT2D eigenvalue weighted by molar-refractivity contribution is 5.76. The second-order valence-electron chi connectivity index (χ2n) is 3.78. The van der Waals surface area contributed by atoms with E-state index in [1.165, 1.54) is 26.7 Å². The highest BCUT2D eigenvalue weighted by Gasteiger charge is 2.29. The first-order valence-electron chi connectivity index (χ1n) is 5.04. The zero-order valence-corrected chi connectivity index (χ0v) is 9.21. The maximum atomic E-state index is 10.6. The number of carboxylic acid groups (broad SMARTS) is 1. The molecular weight excluding hydrogens is 184 g/mol. The van der Waals surface area contributed by atoms with Crippen LogP contribution in [0, 0.1) is 0 Å². The third-order valence-electron chi connectivity index (χ3n) is 1.86. The maximum Gasteiger partial charge on any atom is 0.338 e. The third-order valence-corrected chi connectivity index (χ3v) is 1.86. The molecule has 4 nitrogen and oxygen atoms in total. The minimum Gasteiger partial charge on any atom is -0.479 e. The van der Waals surface area contributed by atoms with Gasteiger partial charge in [0, 0.05) is 0 Å². The van der Waals surface area contributed by atoms with Gasteiger partial charge in [-0.2, -0.15) is 0 Å². The summed E-state index contributed by atoms with van der Waals surface area (Å²) < 4.78 is 0. The van der Waals surface area contributed by atoms with E-state index >= 15 is 0 Å². The molecule has 0 bridgehead atoms. The molecule has 0 aliphatic rings. The molecule has 84 valence electrons. The minimum atomic E-state index is -1.26. The van der Waals surface area contributed by atoms with Gasteiger partial charge in [0.1, 0.15) is 0 Å². The summed E-state index contributed by atoms with van der Waals surface area (Å²) in [6, 6.07) is 0. The van der Waals surface area contributed by atoms with Crippen molar-refractivity contribution in [2.45, 2.75) is 52.1 Å². The number of aliphatic carboxylic acids is 1. The van der Waals surface area contributed by atoms with Crippen molar-refractivity contribution in [3.8, 4) is 0 Å². The van der Waals surface area contributed by atoms with Gasteiger partial charge in [-0.25, -0.2) is 14.6 Å². The lowest BCUT2D eigenvalue weighted by molar-refractivity contribution is -0.346. The average molecular weight is 204 g/mol. The van der Waals surface area contributed by atoms with Crippen LogP contribution in [-0.4, -0.2) is 23.3 Å². The molecule has 14 heavy (non-hydrogen) atoms. The summed E-state index contributed by atoms with van der Waals surface area (Å²) in [5.74, 6) is -1.02. The van der Waals surface area contributed by atoms with E-state index in [0.29, 0.717) is 6.61 Å². The molecule has 0 aliphatic heterocycles. The molecule has 0 spiro atoms. The lowest BCUT2D eigenvalue weighted by atomic mass is 10.1. The number of carboxylic acids is 1. The molecule has 4 heteroatoms. The van der Waals surface area contributed by atoms with Crippen LogP contribution in [0.15, 0.2) is 0 Å². The molecule has 0 aromatic heterocycles. The molecule has 0 radical (unpaired) electrons. The van der Waals surface area contributed by atoms with Gasteiger partial charge >= 0.3 is 5.97 Å². The summed E-state index contributed by atoms with van der Waals surface area (Å²) in [7, 11) is 0. The topological polar surface area (TPSA) is 55.8 Å². The summed E-state index contributed by atoms with van der Waals surface area (Å²) in [6.07, 6.45) is 4.34. The minimum absolute atomic E-state index is 0.455. The third kappa shape index (κ3) is 5.94. The van der Waals surface area contributed by atoms with Crippen LogP contribution in [-0.2, 0) is 14.6 Å². The predicted octanol–water partition coefficient (Wildman–Crippen LogP) is 2.38. The van der Waals surface area contributed by atoms with Gasteiger partial charge in [-0.15, -0.1) is 0 Å². The Kier molecular flexibility index (Phi) is 6.49. The van der Waals surface area contributed by atoms with Gasteiger partial charge in [0.15, 0.2) is 5.60 Å². The number of rotatable bonds is 8. The molecular formula is C10H20O4. The van der Waals surface area contributed by atoms with Crippen molar-refractivity contribution in [3.05, 3.63) is 0 Å². The van der Waals surface area contributed by atoms with Gasteiger partial charge in [0.25, 0.3) is 0 Å². The SMILES string of the molecule is CCCCCCOOC(C)(C)C(=O)O. The van der Waals surface area contributed by atoms with E-state index in [0.717, 1.165) is 12.8 Å². The van der Waals surface area contributed by atoms with E-state index in [4.69, 9.17) is 14.9 Å². The molecule has 0 unspecified atom stereocenters. The highest BCUT2D eigenvalue weighted by atomic mass is 17.2. The van der Waals surface area contributed by atoms with Crippen molar-refractivity contribution in [2.75, 3.05) is 6.61 Å². The first-order valence-corrected chi connectivity index (χ1v) is 5.04. The fourth-order valence-corrected chi connectivity index (χ4v) is 0.812. The molecule has 0 aliphatic carbocycles. The Morgan fingerprint density at radius 2 is 1.93 bits per heavy atom. The summed E-state index contributed by atoms with van der Waals surface area (Å²) in [6.45, 7) is 5.50. The Morgan fingerprint density at radius 3 is 2.43 bits per heavy atom. The molecule has 0 amide bonds. The molecule has 0 saturated heterocycles. The molecule has 0 saturated carbocycles. The van der Waals surface area contributed by atoms with Crippen molar-refractivity contribution < 1.29 is 19.7 Å². The van der Waals surface area contributed by atoms with Crippen molar-refractivity contribution in [3.63, 3.8) is 0 Å². The molecule has 0 atom stereocenters. The Labute approximate surface area is 85.1 Å². The molecule has 1 N–H and O–H groups in total. The van der Waals surface area contributed by atoms with Crippen molar-refractivity contribution in [2.24, 2.45) is 0 Å². The molecule has 0 aromatic carbocycles. The predicted molar refractivity (Wildman–Crippen MR) is 52.9 cm³/mol. The van der Waals surface area contributed by atoms with Crippen LogP contribution in [0.4, 0.5) is 0 Å². The van der Waals surface area contributed by atoms with Gasteiger partial charge in [-0.3, -0.25) is 0 Å². The summed E-state index contributed by atoms with van der Waals surface area (Å²) in [5.41, 5.74) is -1.26. The van der Waals surface area contributed by atoms with Gasteiger partial charge in [0.05, 0.1) is 6.61 Å². The van der Waals surface area contributed by atoms with Gasteiger partial charge < -0.3 is 5.11 Å². The average Bonchev–Trinajstić information content (AvgIpc) is 2.10. The number of carbonyl (C=O) groups is 1. The second-order valence-corrected chi connectivity index (χ2v) is 3.78. The lowest BCUT2D eigenvalue weighted by Gasteiger charge is -2.17. The highest BCUT2D eigenvalue weighted by Crippen LogP contribution is 2.10. The summed E-state index contributed by atoms with van der Waals surface area (Å²) >= 11 is 0. The normalized spacial score (nSPS) is 11.6. The smallest absolute Gasteiger partial charge is 0.338 e. The van der Waals surface area contributed by atoms with E-state index < -0.39 is 11.6 Å². The largest absolute Gasteiger partial charge is 0.479 e. The standard InChI is InChI=1S/C10H20O4/c1-4-5-6-7-8-13-14-10(2,3)9(11)12/h4-8H2,1-3H3,(H,11,12). The van der Waals surface area contributed by atoms with E-state index in [9.17, 15) is 4.79 Å². The quantitative estimate of drug-likeness (QED) is 0.374. The van der Waals surface area contributed by atoms with Crippen molar-refractivity contribution in [1.82, 2.24) is 0 Å². The van der Waals surface area contributed by atoms with Gasteiger partial charge in [-0.1, -0.05) is 26.2 Å². The first-order chi connectivity index (χ1) is 6.50. The van der Waals surface area contributed by atoms with Crippen LogP contribution in [0.3, 0.4) is 0 Å². The summed E-state index contributed by atoms with van der Waals surface area (Å²) in [4.78, 5) is 20.2. The van der Waals surface area contributed by atoms with Crippen LogP contribution < -0.4 is 0 Å². The van der Waals surface area contributed by atoms with E-state index in [1.807, 2.05) is 0 Å². The van der Waals surface area contributed by atoms with Crippen LogP contribution in [0.5, 0.6) is 0 Å². The van der Waals surface area contributed by atoms with E-state index in [1.54, 1.807) is 0 Å². The van der Waals surface area contributed by atoms with Crippen LogP contribution in [0.2, 0.25) is 0 Å². The monoisotopic (exact) mass is 204 g/mol. The van der Waals surface area contributed by atoms with Crippen LogP contribution in [0.25, 0.3) is 0 Å². The molecule has 0 rings (SSSR count). The second kappa shape index (κ2) is 6.79. The zero-order chi connectivity index (χ0) is 11.0. The number of unbranched alkanes of at least 4 members (excludes halogenated alkanes) is 3. The van der Waals surface area contributed by atoms with E-state index in [-0.39, 0.29) is 0 Å². The van der Waals surface area contributed by atoms with Crippen LogP contribution >= 0.6 is 0 Å². The van der Waals surface area contributed by atoms with Gasteiger partial charge in [0.2, 0.25) is 0 Å². The first kappa shape index (κ1) is 13.4. The Hall–Kier alpha value is -0.610. The number of hydrogen-bond donors (Lipinski definition) is 1. The fourth-order valence-electron chi connectivity index (χ4n) is 0.812. The molecule has 0 heterocycles. The van der Waals surface area contributed by atoms with Gasteiger partial charge in [-0.05, 0) is 20.3 Å². The van der Waals surface area contributed by atoms with Crippen molar-refractivity contribution >= 4 is 5.97 Å². The maximum absolute atomic E-state index is 10.6. The Bertz CT molecular complexity index is 166. The summed E-state index contributed by atoms with van der Waals surface area (Å²) in [5, 5.41) is 8.68. The Balaban J connectivity index is 3.40. The van der Waals surface area contributed by atoms with E-state index in [2.05, 4.69) is 6.92 Å². The Morgan fingerprint density at radius 1 is 1.29 bits per heavy atom. The lowest BCUT2D eigenvalue weighted by Crippen LogP contribution is -2.34. The number of hydrogen-bond acceptors (Lipinski definition) is 3. The molecule has 0 aromatic rings. The van der Waals surface area contributed by atoms with Crippen molar-refractivity contribution in [1.29, 1.82) is 0 Å². The fraction of sp³-hybridized carbons (Fsp3) is 0.900. The zero-order valence-electron chi connectivity index (χ0n) is 9.21.